The second-order valence-corrected chi connectivity index (χ2v) is 3.07. The number of nitrogens with one attached hydrogen (secondary N) is 1. The van der Waals surface area contributed by atoms with Crippen molar-refractivity contribution in [2.24, 2.45) is 5.10 Å². The number of carbonyl (C=O) groups excluding carboxylic acids is 1. The molecule has 0 aromatic rings. The molecule has 1 aliphatic rings. The summed E-state index contributed by atoms with van der Waals surface area (Å²) in [7, 11) is 0. The molecule has 0 aliphatic heterocycles. The molecule has 1 saturated carbocycles. The molecule has 1 N–H and O–H groups in total. The Bertz CT molecular complexity index is 194. The Morgan fingerprint density at radius 3 is 2.77 bits per heavy atom. The highest BCUT2D eigenvalue weighted by Crippen LogP contribution is 2.14. The van der Waals surface area contributed by atoms with E-state index >= 15 is 0 Å². The quantitative estimate of drug-likeness (QED) is 0.668. The van der Waals surface area contributed by atoms with Crippen LogP contribution in [0.4, 0.5) is 4.79 Å². The summed E-state index contributed by atoms with van der Waals surface area (Å²) in [4.78, 5) is 10.8. The number of carbonyl (C=O) groups is 1. The van der Waals surface area contributed by atoms with Crippen molar-refractivity contribution in [3.63, 3.8) is 0 Å². The average Bonchev–Trinajstić information content (AvgIpc) is 2.17. The van der Waals surface area contributed by atoms with Crippen LogP contribution in [0.25, 0.3) is 0 Å². The van der Waals surface area contributed by atoms with Gasteiger partial charge >= 0.3 is 6.09 Å². The van der Waals surface area contributed by atoms with Crippen molar-refractivity contribution in [2.45, 2.75) is 39.0 Å². The first kappa shape index (κ1) is 10.0. The molecule has 1 aliphatic carbocycles. The largest absolute Gasteiger partial charge is 0.449 e. The second kappa shape index (κ2) is 5.56. The zero-order chi connectivity index (χ0) is 9.52. The molecule has 0 heterocycles. The number of amides is 1. The number of hydrazone groups is 1. The molecule has 0 bridgehead atoms. The fraction of sp³-hybridized carbons (Fsp3) is 0.778. The van der Waals surface area contributed by atoms with Gasteiger partial charge in [0.05, 0.1) is 6.61 Å². The van der Waals surface area contributed by atoms with E-state index in [1.54, 1.807) is 6.92 Å². The summed E-state index contributed by atoms with van der Waals surface area (Å²) in [5.74, 6) is 0. The summed E-state index contributed by atoms with van der Waals surface area (Å²) in [6.45, 7) is 2.16. The van der Waals surface area contributed by atoms with Gasteiger partial charge in [0.2, 0.25) is 0 Å². The number of hydrogen-bond acceptors (Lipinski definition) is 3. The average molecular weight is 184 g/mol. The van der Waals surface area contributed by atoms with Crippen molar-refractivity contribution in [3.05, 3.63) is 0 Å². The van der Waals surface area contributed by atoms with Gasteiger partial charge in [-0.2, -0.15) is 5.10 Å². The van der Waals surface area contributed by atoms with Gasteiger partial charge in [-0.25, -0.2) is 10.2 Å². The Morgan fingerprint density at radius 2 is 2.15 bits per heavy atom. The summed E-state index contributed by atoms with van der Waals surface area (Å²) < 4.78 is 4.68. The van der Waals surface area contributed by atoms with E-state index in [1.807, 2.05) is 0 Å². The maximum Gasteiger partial charge on any atom is 0.427 e. The number of nitrogens with zero attached hydrogens (tertiary/aromatic N) is 1. The fourth-order valence-corrected chi connectivity index (χ4v) is 1.36. The van der Waals surface area contributed by atoms with E-state index in [4.69, 9.17) is 0 Å². The standard InChI is InChI=1S/C9H16N2O2/c1-2-13-9(12)11-10-8-6-4-3-5-7-8/h2-7H2,1H3,(H,11,12). The predicted octanol–water partition coefficient (Wildman–Crippen LogP) is 2.05. The van der Waals surface area contributed by atoms with Gasteiger partial charge in [0.1, 0.15) is 0 Å². The van der Waals surface area contributed by atoms with Gasteiger partial charge in [0.15, 0.2) is 0 Å². The van der Waals surface area contributed by atoms with Crippen molar-refractivity contribution >= 4 is 11.8 Å². The molecule has 0 spiro atoms. The van der Waals surface area contributed by atoms with E-state index < -0.39 is 6.09 Å². The third-order valence-corrected chi connectivity index (χ3v) is 2.01. The van der Waals surface area contributed by atoms with E-state index in [9.17, 15) is 4.79 Å². The first-order valence-electron chi connectivity index (χ1n) is 4.81. The second-order valence-electron chi connectivity index (χ2n) is 3.07. The van der Waals surface area contributed by atoms with Crippen LogP contribution in [0.2, 0.25) is 0 Å². The van der Waals surface area contributed by atoms with Crippen LogP contribution in [-0.4, -0.2) is 18.4 Å². The molecule has 1 amide bonds. The Kier molecular flexibility index (Phi) is 4.29. The summed E-state index contributed by atoms with van der Waals surface area (Å²) in [5, 5.41) is 3.99. The molecule has 0 aromatic carbocycles. The Balaban J connectivity index is 2.25. The van der Waals surface area contributed by atoms with Gasteiger partial charge in [-0.05, 0) is 32.6 Å². The molecular formula is C9H16N2O2. The van der Waals surface area contributed by atoms with E-state index in [0.29, 0.717) is 6.61 Å². The lowest BCUT2D eigenvalue weighted by Crippen LogP contribution is -2.21. The van der Waals surface area contributed by atoms with Crippen molar-refractivity contribution in [3.8, 4) is 0 Å². The van der Waals surface area contributed by atoms with Crippen molar-refractivity contribution in [2.75, 3.05) is 6.61 Å². The molecule has 4 heteroatoms. The smallest absolute Gasteiger partial charge is 0.427 e. The minimum Gasteiger partial charge on any atom is -0.449 e. The van der Waals surface area contributed by atoms with Crippen LogP contribution in [0.1, 0.15) is 39.0 Å². The first-order chi connectivity index (χ1) is 6.33. The van der Waals surface area contributed by atoms with Gasteiger partial charge in [-0.1, -0.05) is 6.42 Å². The van der Waals surface area contributed by atoms with Crippen molar-refractivity contribution in [1.82, 2.24) is 5.43 Å². The minimum absolute atomic E-state index is 0.386. The van der Waals surface area contributed by atoms with E-state index in [-0.39, 0.29) is 0 Å². The summed E-state index contributed by atoms with van der Waals surface area (Å²) in [5.41, 5.74) is 3.46. The normalized spacial score (nSPS) is 16.5. The van der Waals surface area contributed by atoms with Gasteiger partial charge in [0, 0.05) is 5.71 Å². The molecule has 1 fully saturated rings. The zero-order valence-electron chi connectivity index (χ0n) is 8.01. The van der Waals surface area contributed by atoms with Gasteiger partial charge in [-0.15, -0.1) is 0 Å². The summed E-state index contributed by atoms with van der Waals surface area (Å²) in [6, 6.07) is 0. The highest BCUT2D eigenvalue weighted by Gasteiger charge is 2.07. The van der Waals surface area contributed by atoms with Gasteiger partial charge in [-0.3, -0.25) is 0 Å². The monoisotopic (exact) mass is 184 g/mol. The van der Waals surface area contributed by atoms with Crippen LogP contribution in [0, 0.1) is 0 Å². The Labute approximate surface area is 78.3 Å². The lowest BCUT2D eigenvalue weighted by Gasteiger charge is -2.11. The predicted molar refractivity (Wildman–Crippen MR) is 50.7 cm³/mol. The van der Waals surface area contributed by atoms with Crippen LogP contribution in [0.15, 0.2) is 5.10 Å². The third kappa shape index (κ3) is 3.92. The molecule has 0 atom stereocenters. The number of hydrogen-bond donors (Lipinski definition) is 1. The minimum atomic E-state index is -0.458. The first-order valence-corrected chi connectivity index (χ1v) is 4.81. The maximum atomic E-state index is 10.8. The Morgan fingerprint density at radius 1 is 1.46 bits per heavy atom. The van der Waals surface area contributed by atoms with Crippen LogP contribution >= 0.6 is 0 Å². The zero-order valence-corrected chi connectivity index (χ0v) is 8.01. The molecule has 4 nitrogen and oxygen atoms in total. The summed E-state index contributed by atoms with van der Waals surface area (Å²) in [6.07, 6.45) is 5.20. The molecule has 0 saturated heterocycles. The van der Waals surface area contributed by atoms with Gasteiger partial charge in [0.25, 0.3) is 0 Å². The lowest BCUT2D eigenvalue weighted by atomic mass is 9.99. The third-order valence-electron chi connectivity index (χ3n) is 2.01. The highest BCUT2D eigenvalue weighted by molar-refractivity contribution is 5.85. The molecule has 0 unspecified atom stereocenters. The SMILES string of the molecule is CCOC(=O)NN=C1CCCCC1. The van der Waals surface area contributed by atoms with E-state index in [0.717, 1.165) is 18.6 Å². The van der Waals surface area contributed by atoms with E-state index in [1.165, 1.54) is 19.3 Å². The van der Waals surface area contributed by atoms with Crippen LogP contribution < -0.4 is 5.43 Å². The lowest BCUT2D eigenvalue weighted by molar-refractivity contribution is 0.152. The van der Waals surface area contributed by atoms with Crippen LogP contribution in [0.5, 0.6) is 0 Å². The number of rotatable bonds is 2. The number of ether oxygens (including phenoxy) is 1. The fourth-order valence-electron chi connectivity index (χ4n) is 1.36. The molecule has 0 radical (unpaired) electrons. The van der Waals surface area contributed by atoms with Crippen LogP contribution in [0.3, 0.4) is 0 Å². The van der Waals surface area contributed by atoms with E-state index in [2.05, 4.69) is 15.3 Å². The topological polar surface area (TPSA) is 50.7 Å². The van der Waals surface area contributed by atoms with Crippen molar-refractivity contribution in [1.29, 1.82) is 0 Å². The summed E-state index contributed by atoms with van der Waals surface area (Å²) >= 11 is 0. The molecule has 74 valence electrons. The molecular weight excluding hydrogens is 168 g/mol. The van der Waals surface area contributed by atoms with Crippen molar-refractivity contribution < 1.29 is 9.53 Å². The van der Waals surface area contributed by atoms with Gasteiger partial charge < -0.3 is 4.74 Å². The maximum absolute atomic E-state index is 10.8. The Hall–Kier alpha value is -1.06. The van der Waals surface area contributed by atoms with Crippen LogP contribution in [-0.2, 0) is 4.74 Å². The molecule has 1 rings (SSSR count). The highest BCUT2D eigenvalue weighted by atomic mass is 16.5. The molecule has 0 aromatic heterocycles. The molecule has 13 heavy (non-hydrogen) atoms.